The maximum absolute atomic E-state index is 6.33. The SMILES string of the molecule is CC(C)(C)NCc1c(Cl)cccc1OCC1CCCCO1. The summed E-state index contributed by atoms with van der Waals surface area (Å²) in [5.74, 6) is 0.855. The lowest BCUT2D eigenvalue weighted by molar-refractivity contribution is -0.0112. The van der Waals surface area contributed by atoms with E-state index in [2.05, 4.69) is 26.1 Å². The summed E-state index contributed by atoms with van der Waals surface area (Å²) >= 11 is 6.33. The van der Waals surface area contributed by atoms with Gasteiger partial charge in [0.05, 0.1) is 6.10 Å². The van der Waals surface area contributed by atoms with E-state index in [-0.39, 0.29) is 11.6 Å². The van der Waals surface area contributed by atoms with Gasteiger partial charge in [-0.1, -0.05) is 17.7 Å². The van der Waals surface area contributed by atoms with Gasteiger partial charge in [0, 0.05) is 29.3 Å². The van der Waals surface area contributed by atoms with E-state index in [1.165, 1.54) is 6.42 Å². The zero-order valence-corrected chi connectivity index (χ0v) is 14.0. The highest BCUT2D eigenvalue weighted by molar-refractivity contribution is 6.31. The minimum absolute atomic E-state index is 0.0446. The molecular weight excluding hydrogens is 286 g/mol. The molecule has 1 N–H and O–H groups in total. The van der Waals surface area contributed by atoms with Gasteiger partial charge in [0.2, 0.25) is 0 Å². The first-order valence-electron chi connectivity index (χ1n) is 7.72. The Morgan fingerprint density at radius 2 is 2.14 bits per heavy atom. The van der Waals surface area contributed by atoms with Crippen molar-refractivity contribution in [2.24, 2.45) is 0 Å². The molecular formula is C17H26ClNO2. The summed E-state index contributed by atoms with van der Waals surface area (Å²) in [6.07, 6.45) is 3.67. The lowest BCUT2D eigenvalue weighted by atomic mass is 10.1. The monoisotopic (exact) mass is 311 g/mol. The fourth-order valence-corrected chi connectivity index (χ4v) is 2.55. The van der Waals surface area contributed by atoms with Gasteiger partial charge in [-0.3, -0.25) is 0 Å². The Hall–Kier alpha value is -0.770. The molecule has 0 saturated carbocycles. The van der Waals surface area contributed by atoms with Crippen molar-refractivity contribution in [2.45, 2.75) is 58.2 Å². The van der Waals surface area contributed by atoms with Crippen molar-refractivity contribution in [3.05, 3.63) is 28.8 Å². The molecule has 0 radical (unpaired) electrons. The van der Waals surface area contributed by atoms with Crippen molar-refractivity contribution in [2.75, 3.05) is 13.2 Å². The Morgan fingerprint density at radius 3 is 2.81 bits per heavy atom. The predicted octanol–water partition coefficient (Wildman–Crippen LogP) is 4.18. The van der Waals surface area contributed by atoms with Crippen LogP contribution < -0.4 is 10.1 Å². The summed E-state index contributed by atoms with van der Waals surface area (Å²) in [6.45, 7) is 8.57. The van der Waals surface area contributed by atoms with Crippen molar-refractivity contribution in [3.63, 3.8) is 0 Å². The van der Waals surface area contributed by atoms with Crippen molar-refractivity contribution in [3.8, 4) is 5.75 Å². The third-order valence-electron chi connectivity index (χ3n) is 3.57. The minimum atomic E-state index is 0.0446. The van der Waals surface area contributed by atoms with Crippen LogP contribution in [-0.2, 0) is 11.3 Å². The molecule has 2 rings (SSSR count). The maximum atomic E-state index is 6.33. The number of nitrogens with one attached hydrogen (secondary N) is 1. The van der Waals surface area contributed by atoms with Crippen LogP contribution in [0.25, 0.3) is 0 Å². The topological polar surface area (TPSA) is 30.5 Å². The summed E-state index contributed by atoms with van der Waals surface area (Å²) in [7, 11) is 0. The average Bonchev–Trinajstić information content (AvgIpc) is 2.44. The highest BCUT2D eigenvalue weighted by Gasteiger charge is 2.17. The third kappa shape index (κ3) is 5.50. The number of halogens is 1. The average molecular weight is 312 g/mol. The number of rotatable bonds is 5. The van der Waals surface area contributed by atoms with E-state index in [9.17, 15) is 0 Å². The van der Waals surface area contributed by atoms with Crippen LogP contribution in [0.3, 0.4) is 0 Å². The lowest BCUT2D eigenvalue weighted by Crippen LogP contribution is -2.35. The van der Waals surface area contributed by atoms with Gasteiger partial charge in [-0.2, -0.15) is 0 Å². The molecule has 1 saturated heterocycles. The fourth-order valence-electron chi connectivity index (χ4n) is 2.32. The minimum Gasteiger partial charge on any atom is -0.490 e. The summed E-state index contributed by atoms with van der Waals surface area (Å²) in [6, 6.07) is 5.82. The second kappa shape index (κ2) is 7.48. The molecule has 1 unspecified atom stereocenters. The molecule has 1 atom stereocenters. The van der Waals surface area contributed by atoms with Crippen molar-refractivity contribution >= 4 is 11.6 Å². The molecule has 1 aliphatic heterocycles. The molecule has 0 aliphatic carbocycles. The Labute approximate surface area is 133 Å². The van der Waals surface area contributed by atoms with E-state index in [1.54, 1.807) is 0 Å². The smallest absolute Gasteiger partial charge is 0.125 e. The van der Waals surface area contributed by atoms with Crippen LogP contribution >= 0.6 is 11.6 Å². The van der Waals surface area contributed by atoms with Crippen LogP contribution in [0.15, 0.2) is 18.2 Å². The van der Waals surface area contributed by atoms with Gasteiger partial charge >= 0.3 is 0 Å². The number of ether oxygens (including phenoxy) is 2. The maximum Gasteiger partial charge on any atom is 0.125 e. The molecule has 1 heterocycles. The van der Waals surface area contributed by atoms with Gasteiger partial charge in [0.25, 0.3) is 0 Å². The van der Waals surface area contributed by atoms with E-state index in [0.29, 0.717) is 13.2 Å². The Bertz CT molecular complexity index is 451. The van der Waals surface area contributed by atoms with Gasteiger partial charge in [-0.15, -0.1) is 0 Å². The van der Waals surface area contributed by atoms with Gasteiger partial charge in [-0.25, -0.2) is 0 Å². The molecule has 1 aliphatic rings. The van der Waals surface area contributed by atoms with E-state index < -0.39 is 0 Å². The largest absolute Gasteiger partial charge is 0.490 e. The molecule has 3 nitrogen and oxygen atoms in total. The Kier molecular flexibility index (Phi) is 5.91. The highest BCUT2D eigenvalue weighted by atomic mass is 35.5. The van der Waals surface area contributed by atoms with Crippen LogP contribution in [-0.4, -0.2) is 24.9 Å². The summed E-state index contributed by atoms with van der Waals surface area (Å²) < 4.78 is 11.7. The lowest BCUT2D eigenvalue weighted by Gasteiger charge is -2.25. The quantitative estimate of drug-likeness (QED) is 0.885. The van der Waals surface area contributed by atoms with Gasteiger partial charge in [0.1, 0.15) is 12.4 Å². The normalized spacial score (nSPS) is 19.5. The molecule has 0 aromatic heterocycles. The number of hydrogen-bond acceptors (Lipinski definition) is 3. The standard InChI is InChI=1S/C17H26ClNO2/c1-17(2,3)19-11-14-15(18)8-6-9-16(14)21-12-13-7-4-5-10-20-13/h6,8-9,13,19H,4-5,7,10-12H2,1-3H3. The van der Waals surface area contributed by atoms with Crippen LogP contribution in [0.5, 0.6) is 5.75 Å². The van der Waals surface area contributed by atoms with Crippen LogP contribution in [0, 0.1) is 0 Å². The first-order chi connectivity index (χ1) is 9.96. The van der Waals surface area contributed by atoms with Gasteiger partial charge in [-0.05, 0) is 52.2 Å². The molecule has 0 bridgehead atoms. The molecule has 1 aromatic rings. The van der Waals surface area contributed by atoms with Crippen molar-refractivity contribution in [1.29, 1.82) is 0 Å². The highest BCUT2D eigenvalue weighted by Crippen LogP contribution is 2.27. The van der Waals surface area contributed by atoms with Gasteiger partial charge < -0.3 is 14.8 Å². The van der Waals surface area contributed by atoms with Gasteiger partial charge in [0.15, 0.2) is 0 Å². The third-order valence-corrected chi connectivity index (χ3v) is 3.92. The molecule has 21 heavy (non-hydrogen) atoms. The number of hydrogen-bond donors (Lipinski definition) is 1. The molecule has 118 valence electrons. The first kappa shape index (κ1) is 16.6. The molecule has 0 spiro atoms. The van der Waals surface area contributed by atoms with Crippen molar-refractivity contribution < 1.29 is 9.47 Å². The zero-order valence-electron chi connectivity index (χ0n) is 13.2. The summed E-state index contributed by atoms with van der Waals surface area (Å²) in [5, 5.41) is 4.21. The second-order valence-electron chi connectivity index (χ2n) is 6.62. The fraction of sp³-hybridized carbons (Fsp3) is 0.647. The predicted molar refractivity (Wildman–Crippen MR) is 87.1 cm³/mol. The summed E-state index contributed by atoms with van der Waals surface area (Å²) in [5.41, 5.74) is 1.06. The molecule has 1 fully saturated rings. The number of benzene rings is 1. The van der Waals surface area contributed by atoms with E-state index in [1.807, 2.05) is 18.2 Å². The van der Waals surface area contributed by atoms with Crippen LogP contribution in [0.1, 0.15) is 45.6 Å². The van der Waals surface area contributed by atoms with E-state index >= 15 is 0 Å². The van der Waals surface area contributed by atoms with Crippen molar-refractivity contribution in [1.82, 2.24) is 5.32 Å². The van der Waals surface area contributed by atoms with Crippen LogP contribution in [0.4, 0.5) is 0 Å². The molecule has 1 aromatic carbocycles. The summed E-state index contributed by atoms with van der Waals surface area (Å²) in [4.78, 5) is 0. The van der Waals surface area contributed by atoms with Crippen LogP contribution in [0.2, 0.25) is 5.02 Å². The van der Waals surface area contributed by atoms with E-state index in [0.717, 1.165) is 35.8 Å². The first-order valence-corrected chi connectivity index (χ1v) is 8.10. The molecule has 0 amide bonds. The second-order valence-corrected chi connectivity index (χ2v) is 7.03. The Balaban J connectivity index is 1.99. The zero-order chi connectivity index (χ0) is 15.3. The molecule has 4 heteroatoms. The van der Waals surface area contributed by atoms with E-state index in [4.69, 9.17) is 21.1 Å². The Morgan fingerprint density at radius 1 is 1.33 bits per heavy atom.